The van der Waals surface area contributed by atoms with E-state index in [-0.39, 0.29) is 6.71 Å². The van der Waals surface area contributed by atoms with Crippen LogP contribution in [0.3, 0.4) is 0 Å². The molecule has 0 fully saturated rings. The molecule has 0 amide bonds. The molecule has 115 heavy (non-hydrogen) atoms. The van der Waals surface area contributed by atoms with Crippen LogP contribution < -0.4 is 26.2 Å². The van der Waals surface area contributed by atoms with Crippen LogP contribution >= 0.6 is 0 Å². The maximum absolute atomic E-state index is 2.71. The first kappa shape index (κ1) is 65.8. The number of hydrogen-bond donors (Lipinski definition) is 0. The van der Waals surface area contributed by atoms with Gasteiger partial charge in [0, 0.05) is 72.2 Å². The summed E-state index contributed by atoms with van der Waals surface area (Å²) in [7, 11) is 0. The number of aromatic nitrogens is 2. The Morgan fingerprint density at radius 3 is 0.835 bits per heavy atom. The van der Waals surface area contributed by atoms with Gasteiger partial charge in [-0.3, -0.25) is 0 Å². The Balaban J connectivity index is 0.879. The summed E-state index contributed by atoms with van der Waals surface area (Å²) in [4.78, 5) is 5.41. The van der Waals surface area contributed by atoms with Crippen molar-refractivity contribution in [2.24, 2.45) is 0 Å². The molecule has 19 aromatic carbocycles. The average Bonchev–Trinajstić information content (AvgIpc) is 1.52. The second-order valence-corrected chi connectivity index (χ2v) is 30.5. The largest absolute Gasteiger partial charge is 0.310 e. The van der Waals surface area contributed by atoms with Gasteiger partial charge in [-0.05, 0) is 177 Å². The molecule has 23 rings (SSSR count). The second-order valence-electron chi connectivity index (χ2n) is 30.5. The molecule has 2 aliphatic rings. The molecule has 0 unspecified atom stereocenters. The van der Waals surface area contributed by atoms with Gasteiger partial charge in [0.2, 0.25) is 0 Å². The van der Waals surface area contributed by atoms with Crippen LogP contribution in [-0.2, 0) is 0 Å². The molecular formula is C110H71BN4. The lowest BCUT2D eigenvalue weighted by molar-refractivity contribution is 1.15. The van der Waals surface area contributed by atoms with Crippen molar-refractivity contribution in [3.8, 4) is 100 Å². The van der Waals surface area contributed by atoms with E-state index < -0.39 is 0 Å². The zero-order valence-electron chi connectivity index (χ0n) is 62.9. The van der Waals surface area contributed by atoms with Gasteiger partial charge in [0.15, 0.2) is 0 Å². The molecular weight excluding hydrogens is 1390 g/mol. The summed E-state index contributed by atoms with van der Waals surface area (Å²) < 4.78 is 5.04. The molecule has 2 aromatic heterocycles. The van der Waals surface area contributed by atoms with E-state index in [1.807, 2.05) is 0 Å². The van der Waals surface area contributed by atoms with E-state index in [1.165, 1.54) is 98.4 Å². The van der Waals surface area contributed by atoms with E-state index in [1.54, 1.807) is 0 Å². The van der Waals surface area contributed by atoms with E-state index >= 15 is 0 Å². The lowest BCUT2D eigenvalue weighted by Gasteiger charge is -2.46. The monoisotopic (exact) mass is 1460 g/mol. The van der Waals surface area contributed by atoms with Crippen LogP contribution in [0.25, 0.3) is 166 Å². The Hall–Kier alpha value is -15.0. The third-order valence-corrected chi connectivity index (χ3v) is 24.2. The molecule has 0 atom stereocenters. The van der Waals surface area contributed by atoms with Crippen LogP contribution in [0.1, 0.15) is 0 Å². The summed E-state index contributed by atoms with van der Waals surface area (Å²) in [6, 6.07) is 161. The summed E-state index contributed by atoms with van der Waals surface area (Å²) in [5.41, 5.74) is 35.2. The third kappa shape index (κ3) is 10.6. The maximum atomic E-state index is 2.71. The number of rotatable bonds is 12. The minimum atomic E-state index is -0.310. The summed E-state index contributed by atoms with van der Waals surface area (Å²) in [5.74, 6) is 0. The molecule has 0 saturated heterocycles. The number of hydrogen-bond acceptors (Lipinski definition) is 2. The number of nitrogens with zero attached hydrogens (tertiary/aromatic N) is 4. The number of para-hydroxylation sites is 6. The number of fused-ring (bicyclic) bond motifs is 12. The van der Waals surface area contributed by atoms with Crippen molar-refractivity contribution in [3.63, 3.8) is 0 Å². The smallest absolute Gasteiger partial charge is 0.252 e. The Labute approximate surface area is 667 Å². The van der Waals surface area contributed by atoms with Gasteiger partial charge in [-0.25, -0.2) is 0 Å². The van der Waals surface area contributed by atoms with Crippen molar-refractivity contribution in [2.75, 3.05) is 9.80 Å². The number of benzene rings is 19. The Kier molecular flexibility index (Phi) is 15.4. The van der Waals surface area contributed by atoms with Gasteiger partial charge >= 0.3 is 0 Å². The van der Waals surface area contributed by atoms with E-state index in [4.69, 9.17) is 0 Å². The van der Waals surface area contributed by atoms with E-state index in [0.29, 0.717) is 0 Å². The van der Waals surface area contributed by atoms with Crippen LogP contribution in [0.15, 0.2) is 431 Å². The van der Waals surface area contributed by atoms with Gasteiger partial charge in [0.05, 0.1) is 39.1 Å². The van der Waals surface area contributed by atoms with Crippen molar-refractivity contribution >= 4 is 122 Å². The predicted molar refractivity (Wildman–Crippen MR) is 488 cm³/mol. The van der Waals surface area contributed by atoms with Crippen LogP contribution in [-0.4, -0.2) is 15.8 Å². The fraction of sp³-hybridized carbons (Fsp3) is 0. The van der Waals surface area contributed by atoms with Crippen LogP contribution in [0.5, 0.6) is 0 Å². The highest BCUT2D eigenvalue weighted by Gasteiger charge is 2.46. The topological polar surface area (TPSA) is 16.3 Å². The predicted octanol–water partition coefficient (Wildman–Crippen LogP) is 27.6. The van der Waals surface area contributed by atoms with E-state index in [2.05, 4.69) is 450 Å². The molecule has 0 saturated carbocycles. The maximum Gasteiger partial charge on any atom is 0.252 e. The summed E-state index contributed by atoms with van der Waals surface area (Å²) >= 11 is 0. The molecule has 534 valence electrons. The zero-order valence-corrected chi connectivity index (χ0v) is 62.9. The SMILES string of the molecule is c1ccc(-c2cc(-c3ccccc3)cc(-c3c4ccccc4c(-c4ccc5c(c4)N(c4c(-c6ccccc6)cccc4-c4ccccc4)c4cc(-n6c7ccccc7c7ccccc76)cc6c4B5c4ccc(-n5c7ccccc7c7ccccc75)cc4N6c4c(-c5ccccc5)cccc4-c4ccccc4)c4ccccc34)c2)cc1. The quantitative estimate of drug-likeness (QED) is 0.0895. The van der Waals surface area contributed by atoms with Gasteiger partial charge in [-0.15, -0.1) is 0 Å². The Morgan fingerprint density at radius 1 is 0.174 bits per heavy atom. The Bertz CT molecular complexity index is 7120. The van der Waals surface area contributed by atoms with Crippen molar-refractivity contribution in [1.82, 2.24) is 9.13 Å². The summed E-state index contributed by atoms with van der Waals surface area (Å²) in [5, 5.41) is 9.55. The first-order chi connectivity index (χ1) is 57.1. The second kappa shape index (κ2) is 26.9. The highest BCUT2D eigenvalue weighted by Crippen LogP contribution is 2.56. The van der Waals surface area contributed by atoms with Gasteiger partial charge in [0.25, 0.3) is 6.71 Å². The summed E-state index contributed by atoms with van der Waals surface area (Å²) in [6.07, 6.45) is 0. The van der Waals surface area contributed by atoms with Gasteiger partial charge in [-0.2, -0.15) is 0 Å². The first-order valence-corrected chi connectivity index (χ1v) is 39.8. The highest BCUT2D eigenvalue weighted by molar-refractivity contribution is 7.00. The normalized spacial score (nSPS) is 12.3. The van der Waals surface area contributed by atoms with Crippen molar-refractivity contribution in [2.45, 2.75) is 0 Å². The fourth-order valence-electron chi connectivity index (χ4n) is 19.4. The Morgan fingerprint density at radius 2 is 0.461 bits per heavy atom. The average molecular weight is 1460 g/mol. The molecule has 0 spiro atoms. The molecule has 2 aliphatic heterocycles. The van der Waals surface area contributed by atoms with Crippen molar-refractivity contribution in [1.29, 1.82) is 0 Å². The molecule has 0 N–H and O–H groups in total. The standard InChI is InChI=1S/C110H71BN4/c1-7-33-72(34-8-1)79-65-80(73-35-9-2-10-36-73)67-81(66-79)107-94-51-21-19-49-92(94)106(93-50-20-22-52-95(93)107)78-61-63-96-102(68-78)114(109-84(74-37-11-3-12-38-74)53-31-54-85(109)75-39-13-4-14-40-75)104-70-83(113-100-59-29-25-47-90(100)91-48-26-30-60-101(91)113)71-105-108(104)111(96)97-64-62-82(112-98-57-27-23-45-88(98)89-46-24-28-58-99(89)112)69-103(97)115(105)110-86(76-41-15-5-16-42-76)55-32-56-87(110)77-43-17-6-18-44-77/h1-71H. The third-order valence-electron chi connectivity index (χ3n) is 24.2. The van der Waals surface area contributed by atoms with Gasteiger partial charge in [-0.1, -0.05) is 358 Å². The molecule has 4 heterocycles. The minimum absolute atomic E-state index is 0.310. The molecule has 5 heteroatoms. The van der Waals surface area contributed by atoms with Crippen molar-refractivity contribution < 1.29 is 0 Å². The van der Waals surface area contributed by atoms with E-state index in [0.717, 1.165) is 118 Å². The van der Waals surface area contributed by atoms with Gasteiger partial charge < -0.3 is 18.9 Å². The number of anilines is 6. The van der Waals surface area contributed by atoms with Gasteiger partial charge in [0.1, 0.15) is 0 Å². The molecule has 21 aromatic rings. The lowest BCUT2D eigenvalue weighted by Crippen LogP contribution is -2.61. The van der Waals surface area contributed by atoms with E-state index in [9.17, 15) is 0 Å². The van der Waals surface area contributed by atoms with Crippen molar-refractivity contribution in [3.05, 3.63) is 431 Å². The molecule has 0 bridgehead atoms. The summed E-state index contributed by atoms with van der Waals surface area (Å²) in [6.45, 7) is -0.310. The first-order valence-electron chi connectivity index (χ1n) is 39.8. The molecule has 0 radical (unpaired) electrons. The minimum Gasteiger partial charge on any atom is -0.310 e. The van der Waals surface area contributed by atoms with Crippen LogP contribution in [0, 0.1) is 0 Å². The zero-order chi connectivity index (χ0) is 75.6. The highest BCUT2D eigenvalue weighted by atomic mass is 15.2. The molecule has 4 nitrogen and oxygen atoms in total. The van der Waals surface area contributed by atoms with Crippen LogP contribution in [0.2, 0.25) is 0 Å². The molecule has 0 aliphatic carbocycles. The fourth-order valence-corrected chi connectivity index (χ4v) is 19.4. The van der Waals surface area contributed by atoms with Crippen LogP contribution in [0.4, 0.5) is 34.1 Å². The lowest BCUT2D eigenvalue weighted by atomic mass is 9.33.